The molecule has 0 spiro atoms. The Morgan fingerprint density at radius 1 is 1.15 bits per heavy atom. The van der Waals surface area contributed by atoms with Crippen LogP contribution in [0.1, 0.15) is 26.5 Å². The van der Waals surface area contributed by atoms with E-state index in [0.717, 1.165) is 17.0 Å². The highest BCUT2D eigenvalue weighted by molar-refractivity contribution is 5.63. The van der Waals surface area contributed by atoms with Gasteiger partial charge in [-0.25, -0.2) is 9.97 Å². The third kappa shape index (κ3) is 3.78. The first-order valence-corrected chi connectivity index (χ1v) is 6.70. The first-order chi connectivity index (χ1) is 9.49. The van der Waals surface area contributed by atoms with E-state index < -0.39 is 0 Å². The molecule has 0 saturated carbocycles. The van der Waals surface area contributed by atoms with Gasteiger partial charge in [0.1, 0.15) is 5.75 Å². The molecule has 0 bridgehead atoms. The van der Waals surface area contributed by atoms with Crippen LogP contribution in [0.25, 0.3) is 11.4 Å². The van der Waals surface area contributed by atoms with Crippen molar-refractivity contribution in [2.75, 3.05) is 7.11 Å². The zero-order chi connectivity index (χ0) is 14.6. The third-order valence-corrected chi connectivity index (χ3v) is 2.86. The molecule has 0 atom stereocenters. The van der Waals surface area contributed by atoms with Gasteiger partial charge in [-0.05, 0) is 39.0 Å². The fourth-order valence-electron chi connectivity index (χ4n) is 1.81. The molecule has 0 aliphatic carbocycles. The van der Waals surface area contributed by atoms with E-state index in [1.807, 2.05) is 30.3 Å². The van der Waals surface area contributed by atoms with E-state index in [0.29, 0.717) is 12.4 Å². The Balaban J connectivity index is 2.25. The van der Waals surface area contributed by atoms with Crippen molar-refractivity contribution in [3.8, 4) is 17.1 Å². The van der Waals surface area contributed by atoms with Gasteiger partial charge in [-0.15, -0.1) is 0 Å². The Morgan fingerprint density at radius 2 is 1.90 bits per heavy atom. The van der Waals surface area contributed by atoms with Crippen molar-refractivity contribution in [1.29, 1.82) is 0 Å². The summed E-state index contributed by atoms with van der Waals surface area (Å²) in [5.41, 5.74) is 1.94. The number of para-hydroxylation sites is 1. The van der Waals surface area contributed by atoms with Crippen molar-refractivity contribution in [3.05, 3.63) is 42.2 Å². The van der Waals surface area contributed by atoms with E-state index in [1.165, 1.54) is 0 Å². The van der Waals surface area contributed by atoms with E-state index in [1.54, 1.807) is 13.3 Å². The molecule has 4 nitrogen and oxygen atoms in total. The van der Waals surface area contributed by atoms with Crippen LogP contribution in [0.2, 0.25) is 0 Å². The van der Waals surface area contributed by atoms with Crippen LogP contribution >= 0.6 is 0 Å². The molecule has 0 saturated heterocycles. The Hall–Kier alpha value is -1.94. The number of aromatic nitrogens is 2. The lowest BCUT2D eigenvalue weighted by Gasteiger charge is -2.20. The molecule has 4 heteroatoms. The number of benzene rings is 1. The second kappa shape index (κ2) is 6.01. The molecule has 1 aromatic carbocycles. The average molecular weight is 271 g/mol. The van der Waals surface area contributed by atoms with E-state index in [9.17, 15) is 0 Å². The van der Waals surface area contributed by atoms with Crippen molar-refractivity contribution < 1.29 is 4.74 Å². The van der Waals surface area contributed by atoms with Gasteiger partial charge < -0.3 is 10.1 Å². The van der Waals surface area contributed by atoms with Crippen LogP contribution in [0.5, 0.6) is 5.75 Å². The molecule has 2 aromatic rings. The minimum Gasteiger partial charge on any atom is -0.496 e. The van der Waals surface area contributed by atoms with Crippen molar-refractivity contribution in [2.45, 2.75) is 32.9 Å². The van der Waals surface area contributed by atoms with Gasteiger partial charge in [-0.2, -0.15) is 0 Å². The predicted molar refractivity (Wildman–Crippen MR) is 80.6 cm³/mol. The summed E-state index contributed by atoms with van der Waals surface area (Å²) in [6.45, 7) is 7.12. The maximum absolute atomic E-state index is 5.36. The molecule has 0 radical (unpaired) electrons. The average Bonchev–Trinajstić information content (AvgIpc) is 2.45. The second-order valence-electron chi connectivity index (χ2n) is 5.68. The summed E-state index contributed by atoms with van der Waals surface area (Å²) in [5.74, 6) is 1.48. The lowest BCUT2D eigenvalue weighted by Crippen LogP contribution is -2.35. The van der Waals surface area contributed by atoms with Gasteiger partial charge in [0.15, 0.2) is 5.82 Å². The number of rotatable bonds is 4. The second-order valence-corrected chi connectivity index (χ2v) is 5.68. The minimum absolute atomic E-state index is 0.0650. The number of hydrogen-bond donors (Lipinski definition) is 1. The van der Waals surface area contributed by atoms with Crippen LogP contribution in [-0.2, 0) is 6.54 Å². The van der Waals surface area contributed by atoms with Crippen LogP contribution in [0.15, 0.2) is 36.5 Å². The summed E-state index contributed by atoms with van der Waals surface area (Å²) in [6, 6.07) is 9.71. The summed E-state index contributed by atoms with van der Waals surface area (Å²) in [7, 11) is 1.66. The normalized spacial score (nSPS) is 11.4. The quantitative estimate of drug-likeness (QED) is 0.928. The molecule has 0 unspecified atom stereocenters. The highest BCUT2D eigenvalue weighted by atomic mass is 16.5. The zero-order valence-electron chi connectivity index (χ0n) is 12.5. The van der Waals surface area contributed by atoms with Crippen LogP contribution in [-0.4, -0.2) is 22.6 Å². The zero-order valence-corrected chi connectivity index (χ0v) is 12.5. The fraction of sp³-hybridized carbons (Fsp3) is 0.375. The van der Waals surface area contributed by atoms with Crippen LogP contribution < -0.4 is 10.1 Å². The molecule has 20 heavy (non-hydrogen) atoms. The Bertz CT molecular complexity index is 576. The summed E-state index contributed by atoms with van der Waals surface area (Å²) >= 11 is 0. The van der Waals surface area contributed by atoms with Crippen LogP contribution in [0.4, 0.5) is 0 Å². The first-order valence-electron chi connectivity index (χ1n) is 6.70. The monoisotopic (exact) mass is 271 g/mol. The van der Waals surface area contributed by atoms with Crippen molar-refractivity contribution >= 4 is 0 Å². The molecule has 1 heterocycles. The largest absolute Gasteiger partial charge is 0.496 e. The van der Waals surface area contributed by atoms with E-state index in [-0.39, 0.29) is 5.54 Å². The van der Waals surface area contributed by atoms with E-state index in [4.69, 9.17) is 4.74 Å². The number of methoxy groups -OCH3 is 1. The molecular formula is C16H21N3O. The lowest BCUT2D eigenvalue weighted by atomic mass is 10.1. The van der Waals surface area contributed by atoms with Gasteiger partial charge >= 0.3 is 0 Å². The predicted octanol–water partition coefficient (Wildman–Crippen LogP) is 3.04. The summed E-state index contributed by atoms with van der Waals surface area (Å²) in [4.78, 5) is 8.94. The molecule has 0 aliphatic heterocycles. The van der Waals surface area contributed by atoms with Gasteiger partial charge in [-0.1, -0.05) is 12.1 Å². The minimum atomic E-state index is 0.0650. The van der Waals surface area contributed by atoms with Gasteiger partial charge in [0, 0.05) is 18.3 Å². The summed E-state index contributed by atoms with van der Waals surface area (Å²) < 4.78 is 5.36. The summed E-state index contributed by atoms with van der Waals surface area (Å²) in [6.07, 6.45) is 1.79. The number of ether oxygens (including phenoxy) is 1. The van der Waals surface area contributed by atoms with Crippen molar-refractivity contribution in [2.24, 2.45) is 0 Å². The molecule has 106 valence electrons. The maximum Gasteiger partial charge on any atom is 0.163 e. The Labute approximate surface area is 120 Å². The fourth-order valence-corrected chi connectivity index (χ4v) is 1.81. The van der Waals surface area contributed by atoms with Crippen molar-refractivity contribution in [3.63, 3.8) is 0 Å². The third-order valence-electron chi connectivity index (χ3n) is 2.86. The maximum atomic E-state index is 5.36. The standard InChI is InChI=1S/C16H21N3O/c1-16(2,3)18-11-12-9-10-17-15(19-12)13-7-5-6-8-14(13)20-4/h5-10,18H,11H2,1-4H3. The van der Waals surface area contributed by atoms with Crippen LogP contribution in [0.3, 0.4) is 0 Å². The number of hydrogen-bond acceptors (Lipinski definition) is 4. The molecule has 0 fully saturated rings. The van der Waals surface area contributed by atoms with Gasteiger partial charge in [-0.3, -0.25) is 0 Å². The highest BCUT2D eigenvalue weighted by Gasteiger charge is 2.11. The van der Waals surface area contributed by atoms with Gasteiger partial charge in [0.05, 0.1) is 18.4 Å². The SMILES string of the molecule is COc1ccccc1-c1nccc(CNC(C)(C)C)n1. The lowest BCUT2D eigenvalue weighted by molar-refractivity contribution is 0.415. The van der Waals surface area contributed by atoms with E-state index >= 15 is 0 Å². The molecule has 0 aliphatic rings. The molecule has 0 amide bonds. The summed E-state index contributed by atoms with van der Waals surface area (Å²) in [5, 5.41) is 3.42. The molecule has 2 rings (SSSR count). The smallest absolute Gasteiger partial charge is 0.163 e. The topological polar surface area (TPSA) is 47.0 Å². The number of nitrogens with one attached hydrogen (secondary N) is 1. The van der Waals surface area contributed by atoms with Crippen LogP contribution in [0, 0.1) is 0 Å². The molecular weight excluding hydrogens is 250 g/mol. The first kappa shape index (κ1) is 14.5. The van der Waals surface area contributed by atoms with Gasteiger partial charge in [0.25, 0.3) is 0 Å². The van der Waals surface area contributed by atoms with Gasteiger partial charge in [0.2, 0.25) is 0 Å². The van der Waals surface area contributed by atoms with E-state index in [2.05, 4.69) is 36.1 Å². The Kier molecular flexibility index (Phi) is 4.35. The molecule has 1 aromatic heterocycles. The Morgan fingerprint density at radius 3 is 2.60 bits per heavy atom. The highest BCUT2D eigenvalue weighted by Crippen LogP contribution is 2.26. The molecule has 1 N–H and O–H groups in total. The van der Waals surface area contributed by atoms with Crippen molar-refractivity contribution in [1.82, 2.24) is 15.3 Å². The number of nitrogens with zero attached hydrogens (tertiary/aromatic N) is 2.